The molecule has 1 aromatic heterocycles. The number of likely N-dealkylation sites (tertiary alicyclic amines) is 1. The van der Waals surface area contributed by atoms with Gasteiger partial charge >= 0.3 is 6.18 Å². The Balaban J connectivity index is 1.30. The summed E-state index contributed by atoms with van der Waals surface area (Å²) >= 11 is 0. The fourth-order valence-corrected chi connectivity index (χ4v) is 6.00. The van der Waals surface area contributed by atoms with Crippen LogP contribution < -0.4 is 4.90 Å². The lowest BCUT2D eigenvalue weighted by Crippen LogP contribution is -2.49. The molecule has 2 aromatic carbocycles. The number of aromatic nitrogens is 3. The molecule has 1 amide bonds. The number of rotatable bonds is 6. The van der Waals surface area contributed by atoms with Gasteiger partial charge in [0.15, 0.2) is 0 Å². The van der Waals surface area contributed by atoms with E-state index in [2.05, 4.69) is 10.2 Å². The first-order valence-corrected chi connectivity index (χ1v) is 13.5. The quantitative estimate of drug-likeness (QED) is 0.412. The average Bonchev–Trinajstić information content (AvgIpc) is 3.45. The van der Waals surface area contributed by atoms with E-state index in [-0.39, 0.29) is 42.1 Å². The van der Waals surface area contributed by atoms with Gasteiger partial charge in [0.25, 0.3) is 5.91 Å². The molecule has 0 aliphatic carbocycles. The molecule has 0 unspecified atom stereocenters. The van der Waals surface area contributed by atoms with E-state index in [1.807, 2.05) is 41.6 Å². The first-order valence-electron chi connectivity index (χ1n) is 13.5. The van der Waals surface area contributed by atoms with Crippen LogP contribution in [-0.4, -0.2) is 58.0 Å². The van der Waals surface area contributed by atoms with E-state index in [1.54, 1.807) is 18.5 Å². The van der Waals surface area contributed by atoms with Crippen molar-refractivity contribution in [1.29, 1.82) is 0 Å². The lowest BCUT2D eigenvalue weighted by Gasteiger charge is -2.42. The number of carbonyl (C=O) groups excluding carboxylic acids is 1. The highest BCUT2D eigenvalue weighted by Gasteiger charge is 2.43. The summed E-state index contributed by atoms with van der Waals surface area (Å²) in [4.78, 5) is 16.8. The van der Waals surface area contributed by atoms with Crippen molar-refractivity contribution in [2.24, 2.45) is 13.0 Å². The maximum atomic E-state index is 14.3. The number of piperidine rings is 1. The number of carbonyl (C=O) groups is 1. The van der Waals surface area contributed by atoms with Crippen LogP contribution in [-0.2, 0) is 42.9 Å². The number of halogens is 4. The number of fused-ring (bicyclic) bond motifs is 1. The maximum Gasteiger partial charge on any atom is 0.416 e. The molecule has 3 aromatic rings. The lowest BCUT2D eigenvalue weighted by atomic mass is 9.75. The highest BCUT2D eigenvalue weighted by molar-refractivity contribution is 6.10. The SMILES string of the molecule is C[C@H]1CCN(Cc2cc3c(c(C(F)(F)F)c2)CN(c2cccc(C4(Cc5nncn5C)COC4)c2)C3=O)C[C@@H]1F. The third-order valence-corrected chi connectivity index (χ3v) is 8.59. The van der Waals surface area contributed by atoms with Crippen molar-refractivity contribution in [1.82, 2.24) is 19.7 Å². The molecule has 3 aliphatic rings. The van der Waals surface area contributed by atoms with Gasteiger partial charge in [-0.1, -0.05) is 19.1 Å². The van der Waals surface area contributed by atoms with Gasteiger partial charge in [0, 0.05) is 43.2 Å². The second kappa shape index (κ2) is 9.95. The summed E-state index contributed by atoms with van der Waals surface area (Å²) in [5.74, 6) is 0.254. The number of alkyl halides is 4. The molecule has 0 bridgehead atoms. The number of ether oxygens (including phenoxy) is 1. The molecule has 0 radical (unpaired) electrons. The van der Waals surface area contributed by atoms with Gasteiger partial charge in [-0.05, 0) is 59.8 Å². The molecular formula is C29H31F4N5O2. The summed E-state index contributed by atoms with van der Waals surface area (Å²) in [7, 11) is 1.87. The van der Waals surface area contributed by atoms with Gasteiger partial charge in [-0.25, -0.2) is 4.39 Å². The Morgan fingerprint density at radius 3 is 2.62 bits per heavy atom. The topological polar surface area (TPSA) is 63.5 Å². The van der Waals surface area contributed by atoms with Crippen molar-refractivity contribution in [3.63, 3.8) is 0 Å². The van der Waals surface area contributed by atoms with Gasteiger partial charge < -0.3 is 14.2 Å². The van der Waals surface area contributed by atoms with Gasteiger partial charge in [0.1, 0.15) is 18.3 Å². The van der Waals surface area contributed by atoms with Crippen LogP contribution in [0.3, 0.4) is 0 Å². The van der Waals surface area contributed by atoms with Crippen molar-refractivity contribution in [2.45, 2.75) is 50.6 Å². The smallest absolute Gasteiger partial charge is 0.379 e. The van der Waals surface area contributed by atoms with E-state index >= 15 is 0 Å². The van der Waals surface area contributed by atoms with E-state index in [4.69, 9.17) is 4.74 Å². The zero-order valence-corrected chi connectivity index (χ0v) is 22.4. The molecule has 0 spiro atoms. The fraction of sp³-hybridized carbons (Fsp3) is 0.483. The summed E-state index contributed by atoms with van der Waals surface area (Å²) < 4.78 is 64.4. The average molecular weight is 558 g/mol. The van der Waals surface area contributed by atoms with E-state index in [0.29, 0.717) is 43.9 Å². The Bertz CT molecular complexity index is 1430. The zero-order chi connectivity index (χ0) is 28.2. The van der Waals surface area contributed by atoms with Crippen LogP contribution in [0.5, 0.6) is 0 Å². The van der Waals surface area contributed by atoms with Crippen LogP contribution in [0.15, 0.2) is 42.7 Å². The summed E-state index contributed by atoms with van der Waals surface area (Å²) in [5, 5.41) is 8.16. The number of hydrogen-bond acceptors (Lipinski definition) is 5. The molecule has 6 rings (SSSR count). The number of anilines is 1. The van der Waals surface area contributed by atoms with Gasteiger partial charge in [-0.15, -0.1) is 10.2 Å². The molecular weight excluding hydrogens is 526 g/mol. The van der Waals surface area contributed by atoms with Crippen LogP contribution in [0, 0.1) is 5.92 Å². The fourth-order valence-electron chi connectivity index (χ4n) is 6.00. The van der Waals surface area contributed by atoms with Crippen LogP contribution in [0.1, 0.15) is 51.8 Å². The Hall–Kier alpha value is -3.31. The largest absolute Gasteiger partial charge is 0.416 e. The van der Waals surface area contributed by atoms with Crippen molar-refractivity contribution in [3.8, 4) is 0 Å². The predicted octanol–water partition coefficient (Wildman–Crippen LogP) is 4.68. The molecule has 2 fully saturated rings. The standard InChI is InChI=1S/C29H31F4N5O2/c1-18-6-7-37(14-25(18)30)12-19-8-22-23(24(9-19)29(31,32)33)13-38(27(22)39)21-5-3-4-20(10-21)28(15-40-16-28)11-26-35-34-17-36(26)2/h3-5,8-10,17-18,25H,6-7,11-16H2,1-2H3/t18-,25-/m0/s1. The monoisotopic (exact) mass is 557 g/mol. The predicted molar refractivity (Wildman–Crippen MR) is 140 cm³/mol. The zero-order valence-electron chi connectivity index (χ0n) is 22.4. The summed E-state index contributed by atoms with van der Waals surface area (Å²) in [6, 6.07) is 10.1. The second-order valence-corrected chi connectivity index (χ2v) is 11.4. The highest BCUT2D eigenvalue weighted by atomic mass is 19.4. The summed E-state index contributed by atoms with van der Waals surface area (Å²) in [6.45, 7) is 3.54. The molecule has 2 atom stereocenters. The third kappa shape index (κ3) is 4.79. The molecule has 0 N–H and O–H groups in total. The molecule has 7 nitrogen and oxygen atoms in total. The van der Waals surface area contributed by atoms with Crippen molar-refractivity contribution < 1.29 is 27.1 Å². The van der Waals surface area contributed by atoms with Crippen LogP contribution in [0.4, 0.5) is 23.2 Å². The number of benzene rings is 2. The van der Waals surface area contributed by atoms with E-state index in [9.17, 15) is 22.4 Å². The molecule has 11 heteroatoms. The van der Waals surface area contributed by atoms with Crippen molar-refractivity contribution in [2.75, 3.05) is 31.2 Å². The van der Waals surface area contributed by atoms with Gasteiger partial charge in [0.2, 0.25) is 0 Å². The van der Waals surface area contributed by atoms with Gasteiger partial charge in [-0.3, -0.25) is 9.69 Å². The molecule has 4 heterocycles. The Labute approximate surface area is 229 Å². The van der Waals surface area contributed by atoms with Crippen LogP contribution in [0.2, 0.25) is 0 Å². The summed E-state index contributed by atoms with van der Waals surface area (Å²) in [5.41, 5.74) is 0.687. The molecule has 40 heavy (non-hydrogen) atoms. The number of hydrogen-bond donors (Lipinski definition) is 0. The maximum absolute atomic E-state index is 14.3. The molecule has 0 saturated carbocycles. The van der Waals surface area contributed by atoms with E-state index in [1.165, 1.54) is 4.90 Å². The minimum atomic E-state index is -4.62. The highest BCUT2D eigenvalue weighted by Crippen LogP contribution is 2.42. The first-order chi connectivity index (χ1) is 19.0. The Morgan fingerprint density at radius 1 is 1.18 bits per heavy atom. The minimum absolute atomic E-state index is 0.0249. The Morgan fingerprint density at radius 2 is 1.98 bits per heavy atom. The first kappa shape index (κ1) is 26.9. The third-order valence-electron chi connectivity index (χ3n) is 8.59. The molecule has 3 aliphatic heterocycles. The van der Waals surface area contributed by atoms with Crippen LogP contribution >= 0.6 is 0 Å². The van der Waals surface area contributed by atoms with Crippen molar-refractivity contribution in [3.05, 3.63) is 76.4 Å². The minimum Gasteiger partial charge on any atom is -0.379 e. The number of aryl methyl sites for hydroxylation is 1. The molecule has 212 valence electrons. The Kier molecular flexibility index (Phi) is 6.69. The normalized spacial score (nSPS) is 22.9. The van der Waals surface area contributed by atoms with Crippen molar-refractivity contribution >= 4 is 11.6 Å². The van der Waals surface area contributed by atoms with Gasteiger partial charge in [-0.2, -0.15) is 13.2 Å². The lowest BCUT2D eigenvalue weighted by molar-refractivity contribution is -0.138. The molecule has 2 saturated heterocycles. The second-order valence-electron chi connectivity index (χ2n) is 11.4. The van der Waals surface area contributed by atoms with Gasteiger partial charge in [0.05, 0.1) is 25.3 Å². The number of nitrogens with zero attached hydrogens (tertiary/aromatic N) is 5. The van der Waals surface area contributed by atoms with E-state index in [0.717, 1.165) is 17.5 Å². The number of amides is 1. The summed E-state index contributed by atoms with van der Waals surface area (Å²) in [6.07, 6.45) is -2.79. The van der Waals surface area contributed by atoms with Crippen LogP contribution in [0.25, 0.3) is 0 Å². The van der Waals surface area contributed by atoms with E-state index < -0.39 is 23.8 Å².